The summed E-state index contributed by atoms with van der Waals surface area (Å²) >= 11 is 3.42. The van der Waals surface area contributed by atoms with Gasteiger partial charge in [0.2, 0.25) is 0 Å². The number of nitrogens with one attached hydrogen (secondary N) is 1. The Balaban J connectivity index is 0.000000148. The zero-order chi connectivity index (χ0) is 52.5. The van der Waals surface area contributed by atoms with Crippen LogP contribution in [-0.4, -0.2) is 16.1 Å². The van der Waals surface area contributed by atoms with Gasteiger partial charge in [0.25, 0.3) is 0 Å². The predicted octanol–water partition coefficient (Wildman–Crippen LogP) is 13.2. The standard InChI is InChI=1S/C36H29NSi.C24H21NSi.C12H9Br/c1-5-13-29(14-6-1)30-21-23-31(24-22-30)37-32-25-27-36(28-26-32)38(33-15-7-2-8-16-33,34-17-9-3-10-18-34)35-19-11-4-12-20-35;25-20-16-18-24(19-17-20)26(21-10-4-1-5-11-21,22-12-6-2-7-13-22)23-14-8-3-9-15-23;13-12-8-6-11(7-9-12)10-4-2-1-3-5-10/h1-28,37H;1-19H,25H2;1-9H. The van der Waals surface area contributed by atoms with Crippen molar-refractivity contribution < 1.29 is 0 Å². The molecule has 0 bridgehead atoms. The maximum absolute atomic E-state index is 6.00. The van der Waals surface area contributed by atoms with Crippen LogP contribution in [0.15, 0.2) is 344 Å². The molecule has 5 heteroatoms. The zero-order valence-corrected chi connectivity index (χ0v) is 46.4. The van der Waals surface area contributed by atoms with Crippen LogP contribution in [0.3, 0.4) is 0 Å². The maximum atomic E-state index is 6.00. The van der Waals surface area contributed by atoms with Gasteiger partial charge in [-0.05, 0) is 112 Å². The van der Waals surface area contributed by atoms with Crippen LogP contribution >= 0.6 is 15.9 Å². The first-order chi connectivity index (χ1) is 38.0. The van der Waals surface area contributed by atoms with Crippen LogP contribution in [0.4, 0.5) is 17.1 Å². The molecule has 0 aliphatic heterocycles. The molecule has 0 spiro atoms. The van der Waals surface area contributed by atoms with Crippen molar-refractivity contribution in [3.8, 4) is 22.3 Å². The van der Waals surface area contributed by atoms with Crippen LogP contribution in [0.25, 0.3) is 22.3 Å². The lowest BCUT2D eigenvalue weighted by Gasteiger charge is -2.34. The Hall–Kier alpha value is -8.85. The fraction of sp³-hybridized carbons (Fsp3) is 0. The minimum atomic E-state index is -2.49. The molecule has 0 fully saturated rings. The summed E-state index contributed by atoms with van der Waals surface area (Å²) in [6, 6.07) is 121. The van der Waals surface area contributed by atoms with E-state index in [0.29, 0.717) is 0 Å². The van der Waals surface area contributed by atoms with Gasteiger partial charge in [-0.1, -0.05) is 307 Å². The van der Waals surface area contributed by atoms with Gasteiger partial charge < -0.3 is 11.1 Å². The topological polar surface area (TPSA) is 38.0 Å². The van der Waals surface area contributed by atoms with Gasteiger partial charge in [0.05, 0.1) is 0 Å². The summed E-state index contributed by atoms with van der Waals surface area (Å²) in [6.45, 7) is 0. The van der Waals surface area contributed by atoms with Gasteiger partial charge in [0.15, 0.2) is 16.1 Å². The number of nitrogen functional groups attached to an aromatic ring is 1. The van der Waals surface area contributed by atoms with Crippen LogP contribution in [0.2, 0.25) is 0 Å². The molecule has 0 amide bonds. The Bertz CT molecular complexity index is 3460. The molecular weight excluding hydrogens is 1030 g/mol. The molecule has 12 rings (SSSR count). The Morgan fingerprint density at radius 1 is 0.221 bits per heavy atom. The maximum Gasteiger partial charge on any atom is 0.179 e. The van der Waals surface area contributed by atoms with Crippen molar-refractivity contribution in [3.63, 3.8) is 0 Å². The highest BCUT2D eigenvalue weighted by molar-refractivity contribution is 9.10. The quantitative estimate of drug-likeness (QED) is 0.0727. The Labute approximate surface area is 465 Å². The van der Waals surface area contributed by atoms with Crippen LogP contribution in [0.5, 0.6) is 0 Å². The summed E-state index contributed by atoms with van der Waals surface area (Å²) in [5, 5.41) is 14.6. The van der Waals surface area contributed by atoms with Crippen molar-refractivity contribution in [2.24, 2.45) is 0 Å². The molecule has 0 aliphatic rings. The van der Waals surface area contributed by atoms with Gasteiger partial charge in [0, 0.05) is 21.5 Å². The molecule has 0 aromatic heterocycles. The van der Waals surface area contributed by atoms with Crippen LogP contribution in [0, 0.1) is 0 Å². The van der Waals surface area contributed by atoms with Crippen molar-refractivity contribution >= 4 is 90.6 Å². The molecule has 3 N–H and O–H groups in total. The first-order valence-electron chi connectivity index (χ1n) is 26.0. The SMILES string of the molecule is Brc1ccc(-c2ccccc2)cc1.Nc1ccc([Si](c2ccccc2)(c2ccccc2)c2ccccc2)cc1.c1ccc(-c2ccc(Nc3ccc([Si](c4ccccc4)(c4ccccc4)c4ccccc4)cc3)cc2)cc1. The molecule has 372 valence electrons. The van der Waals surface area contributed by atoms with E-state index in [1.54, 1.807) is 0 Å². The van der Waals surface area contributed by atoms with E-state index in [2.05, 4.69) is 337 Å². The summed E-state index contributed by atoms with van der Waals surface area (Å²) in [7, 11) is -4.87. The van der Waals surface area contributed by atoms with E-state index in [0.717, 1.165) is 21.5 Å². The van der Waals surface area contributed by atoms with Crippen molar-refractivity contribution in [1.82, 2.24) is 0 Å². The molecule has 2 nitrogen and oxygen atoms in total. The zero-order valence-electron chi connectivity index (χ0n) is 42.8. The van der Waals surface area contributed by atoms with E-state index in [4.69, 9.17) is 5.73 Å². The lowest BCUT2D eigenvalue weighted by molar-refractivity contribution is 1.54. The monoisotopic (exact) mass is 1090 g/mol. The first kappa shape index (κ1) is 51.6. The number of halogens is 1. The number of nitrogens with two attached hydrogens (primary N) is 1. The number of hydrogen-bond acceptors (Lipinski definition) is 2. The average molecular weight is 1090 g/mol. The molecule has 0 unspecified atom stereocenters. The summed E-state index contributed by atoms with van der Waals surface area (Å²) in [6.07, 6.45) is 0. The second-order valence-corrected chi connectivity index (χ2v) is 27.4. The normalized spacial score (nSPS) is 11.0. The van der Waals surface area contributed by atoms with Crippen LogP contribution in [0.1, 0.15) is 0 Å². The highest BCUT2D eigenvalue weighted by Crippen LogP contribution is 2.24. The highest BCUT2D eigenvalue weighted by atomic mass is 79.9. The van der Waals surface area contributed by atoms with Crippen molar-refractivity contribution in [1.29, 1.82) is 0 Å². The largest absolute Gasteiger partial charge is 0.399 e. The van der Waals surface area contributed by atoms with E-state index < -0.39 is 16.1 Å². The minimum absolute atomic E-state index is 0.797. The molecule has 0 heterocycles. The molecule has 0 saturated heterocycles. The average Bonchev–Trinajstić information content (AvgIpc) is 3.52. The van der Waals surface area contributed by atoms with E-state index >= 15 is 0 Å². The smallest absolute Gasteiger partial charge is 0.179 e. The number of benzene rings is 12. The number of rotatable bonds is 12. The second kappa shape index (κ2) is 25.1. The van der Waals surface area contributed by atoms with E-state index in [9.17, 15) is 0 Å². The Kier molecular flexibility index (Phi) is 16.8. The van der Waals surface area contributed by atoms with E-state index in [1.807, 2.05) is 24.3 Å². The van der Waals surface area contributed by atoms with Gasteiger partial charge in [-0.25, -0.2) is 0 Å². The highest BCUT2D eigenvalue weighted by Gasteiger charge is 2.42. The summed E-state index contributed by atoms with van der Waals surface area (Å²) < 4.78 is 1.12. The number of hydrogen-bond donors (Lipinski definition) is 2. The molecule has 0 atom stereocenters. The van der Waals surface area contributed by atoms with Crippen LogP contribution < -0.4 is 52.5 Å². The van der Waals surface area contributed by atoms with Crippen molar-refractivity contribution in [2.45, 2.75) is 0 Å². The first-order valence-corrected chi connectivity index (χ1v) is 30.8. The van der Waals surface area contributed by atoms with Gasteiger partial charge in [-0.2, -0.15) is 0 Å². The minimum Gasteiger partial charge on any atom is -0.399 e. The summed E-state index contributed by atoms with van der Waals surface area (Å²) in [5.41, 5.74) is 13.9. The Morgan fingerprint density at radius 2 is 0.429 bits per heavy atom. The lowest BCUT2D eigenvalue weighted by atomic mass is 10.1. The third-order valence-electron chi connectivity index (χ3n) is 14.1. The van der Waals surface area contributed by atoms with Gasteiger partial charge >= 0.3 is 0 Å². The summed E-state index contributed by atoms with van der Waals surface area (Å²) in [5.74, 6) is 0. The van der Waals surface area contributed by atoms with Gasteiger partial charge in [-0.3, -0.25) is 0 Å². The second-order valence-electron chi connectivity index (χ2n) is 18.8. The molecule has 0 aliphatic carbocycles. The Morgan fingerprint density at radius 3 is 0.714 bits per heavy atom. The van der Waals surface area contributed by atoms with E-state index in [-0.39, 0.29) is 0 Å². The molecule has 0 radical (unpaired) electrons. The third kappa shape index (κ3) is 11.8. The predicted molar refractivity (Wildman–Crippen MR) is 339 cm³/mol. The molecule has 12 aromatic rings. The van der Waals surface area contributed by atoms with Crippen LogP contribution in [-0.2, 0) is 0 Å². The number of anilines is 3. The van der Waals surface area contributed by atoms with E-state index in [1.165, 1.54) is 63.7 Å². The molecule has 12 aromatic carbocycles. The van der Waals surface area contributed by atoms with Gasteiger partial charge in [-0.15, -0.1) is 0 Å². The van der Waals surface area contributed by atoms with Crippen molar-refractivity contribution in [3.05, 3.63) is 344 Å². The molecule has 77 heavy (non-hydrogen) atoms. The summed E-state index contributed by atoms with van der Waals surface area (Å²) in [4.78, 5) is 0. The molecule has 0 saturated carbocycles. The fourth-order valence-electron chi connectivity index (χ4n) is 10.5. The molecular formula is C72H59BrN2Si2. The lowest BCUT2D eigenvalue weighted by Crippen LogP contribution is -2.74. The third-order valence-corrected chi connectivity index (χ3v) is 24.3. The van der Waals surface area contributed by atoms with Crippen molar-refractivity contribution in [2.75, 3.05) is 11.1 Å². The van der Waals surface area contributed by atoms with Gasteiger partial charge in [0.1, 0.15) is 0 Å². The fourth-order valence-corrected chi connectivity index (χ4v) is 20.2.